The summed E-state index contributed by atoms with van der Waals surface area (Å²) in [6.07, 6.45) is 6.12. The number of rotatable bonds is 10. The number of nitrogens with zero attached hydrogens (tertiary/aromatic N) is 7. The number of carbonyl (C=O) groups excluding carboxylic acids is 1. The van der Waals surface area contributed by atoms with E-state index in [4.69, 9.17) is 4.98 Å². The van der Waals surface area contributed by atoms with Crippen molar-refractivity contribution in [2.24, 2.45) is 25.9 Å². The van der Waals surface area contributed by atoms with Gasteiger partial charge in [-0.15, -0.1) is 10.2 Å². The van der Waals surface area contributed by atoms with Gasteiger partial charge in [0.2, 0.25) is 0 Å². The van der Waals surface area contributed by atoms with E-state index in [1.54, 1.807) is 17.4 Å². The minimum absolute atomic E-state index is 0.0213. The van der Waals surface area contributed by atoms with Crippen LogP contribution in [0.3, 0.4) is 0 Å². The molecule has 4 aromatic rings. The molecule has 6 rings (SSSR count). The molecule has 10 nitrogen and oxygen atoms in total. The molecule has 0 bridgehead atoms. The molecule has 2 aliphatic rings. The van der Waals surface area contributed by atoms with Crippen LogP contribution in [0.15, 0.2) is 42.9 Å². The Morgan fingerprint density at radius 2 is 1.95 bits per heavy atom. The third kappa shape index (κ3) is 5.16. The molecule has 1 saturated carbocycles. The van der Waals surface area contributed by atoms with E-state index in [9.17, 15) is 4.79 Å². The molecule has 39 heavy (non-hydrogen) atoms. The highest BCUT2D eigenvalue weighted by Crippen LogP contribution is 2.36. The highest BCUT2D eigenvalue weighted by atomic mass is 16.2. The van der Waals surface area contributed by atoms with Gasteiger partial charge in [0.15, 0.2) is 5.82 Å². The largest absolute Gasteiger partial charge is 0.370 e. The number of anilines is 2. The van der Waals surface area contributed by atoms with Gasteiger partial charge < -0.3 is 15.2 Å². The van der Waals surface area contributed by atoms with Crippen LogP contribution in [0.2, 0.25) is 0 Å². The average Bonchev–Trinajstić information content (AvgIpc) is 3.38. The maximum absolute atomic E-state index is 13.7. The van der Waals surface area contributed by atoms with E-state index >= 15 is 0 Å². The first kappa shape index (κ1) is 25.2. The van der Waals surface area contributed by atoms with E-state index < -0.39 is 0 Å². The van der Waals surface area contributed by atoms with Crippen LogP contribution in [0.4, 0.5) is 11.6 Å². The summed E-state index contributed by atoms with van der Waals surface area (Å²) in [6, 6.07) is 10.2. The molecule has 4 heterocycles. The van der Waals surface area contributed by atoms with E-state index in [1.807, 2.05) is 41.5 Å². The van der Waals surface area contributed by atoms with Gasteiger partial charge in [-0.2, -0.15) is 5.10 Å². The molecule has 1 aliphatic heterocycles. The monoisotopic (exact) mass is 525 g/mol. The van der Waals surface area contributed by atoms with Crippen LogP contribution in [-0.2, 0) is 27.2 Å². The van der Waals surface area contributed by atoms with E-state index in [1.165, 1.54) is 12.8 Å². The SMILES string of the molecule is CC(C)CNc1cc(-c2c(-c3nncn3C)cnn2C)cc(N2Cc3ccc(CNCC4CC4)cc3C2=O)n1. The first-order valence-corrected chi connectivity index (χ1v) is 13.6. The van der Waals surface area contributed by atoms with Crippen molar-refractivity contribution in [2.75, 3.05) is 23.3 Å². The standard InChI is InChI=1S/C29H35N9O/c1-18(2)12-31-25-10-22(27-24(15-33-37(27)4)28-35-32-17-36(28)3)11-26(34-25)38-16-21-8-7-20(9-23(21)29(38)39)14-30-13-19-5-6-19/h7-11,15,17-19,30H,5-6,12-14,16H2,1-4H3,(H,31,34). The third-order valence-electron chi connectivity index (χ3n) is 7.38. The van der Waals surface area contributed by atoms with Gasteiger partial charge in [-0.05, 0) is 60.5 Å². The van der Waals surface area contributed by atoms with Crippen molar-refractivity contribution in [3.8, 4) is 22.6 Å². The smallest absolute Gasteiger partial charge is 0.260 e. The highest BCUT2D eigenvalue weighted by Gasteiger charge is 2.31. The van der Waals surface area contributed by atoms with Crippen LogP contribution in [0.5, 0.6) is 0 Å². The zero-order chi connectivity index (χ0) is 27.1. The second kappa shape index (κ2) is 10.3. The van der Waals surface area contributed by atoms with Crippen LogP contribution in [0.25, 0.3) is 22.6 Å². The zero-order valence-electron chi connectivity index (χ0n) is 23.0. The third-order valence-corrected chi connectivity index (χ3v) is 7.38. The fraction of sp³-hybridized carbons (Fsp3) is 0.414. The Hall–Kier alpha value is -4.05. The highest BCUT2D eigenvalue weighted by molar-refractivity contribution is 6.10. The average molecular weight is 526 g/mol. The molecule has 0 unspecified atom stereocenters. The Labute approximate surface area is 228 Å². The molecule has 1 aliphatic carbocycles. The van der Waals surface area contributed by atoms with Gasteiger partial charge in [0.1, 0.15) is 18.0 Å². The molecule has 1 fully saturated rings. The molecular formula is C29H35N9O. The second-order valence-electron chi connectivity index (χ2n) is 11.1. The van der Waals surface area contributed by atoms with Gasteiger partial charge >= 0.3 is 0 Å². The fourth-order valence-corrected chi connectivity index (χ4v) is 5.05. The maximum Gasteiger partial charge on any atom is 0.260 e. The molecule has 202 valence electrons. The van der Waals surface area contributed by atoms with Gasteiger partial charge in [-0.25, -0.2) is 4.98 Å². The molecular weight excluding hydrogens is 490 g/mol. The van der Waals surface area contributed by atoms with Crippen molar-refractivity contribution in [2.45, 2.75) is 39.8 Å². The molecule has 0 atom stereocenters. The lowest BCUT2D eigenvalue weighted by Gasteiger charge is -2.19. The van der Waals surface area contributed by atoms with Crippen LogP contribution in [0, 0.1) is 11.8 Å². The number of hydrogen-bond acceptors (Lipinski definition) is 7. The number of fused-ring (bicyclic) bond motifs is 1. The maximum atomic E-state index is 13.7. The number of hydrogen-bond donors (Lipinski definition) is 2. The second-order valence-corrected chi connectivity index (χ2v) is 11.1. The van der Waals surface area contributed by atoms with E-state index in [0.717, 1.165) is 70.7 Å². The van der Waals surface area contributed by atoms with Crippen LogP contribution >= 0.6 is 0 Å². The number of aryl methyl sites for hydroxylation is 2. The topological polar surface area (TPSA) is 106 Å². The minimum Gasteiger partial charge on any atom is -0.370 e. The Morgan fingerprint density at radius 3 is 2.69 bits per heavy atom. The molecule has 1 aromatic carbocycles. The summed E-state index contributed by atoms with van der Waals surface area (Å²) in [6.45, 7) is 7.39. The van der Waals surface area contributed by atoms with E-state index in [-0.39, 0.29) is 5.91 Å². The lowest BCUT2D eigenvalue weighted by molar-refractivity contribution is 0.0996. The lowest BCUT2D eigenvalue weighted by Crippen LogP contribution is -2.24. The molecule has 2 N–H and O–H groups in total. The van der Waals surface area contributed by atoms with Gasteiger partial charge in [0, 0.05) is 38.3 Å². The van der Waals surface area contributed by atoms with Crippen molar-refractivity contribution in [3.63, 3.8) is 0 Å². The summed E-state index contributed by atoms with van der Waals surface area (Å²) < 4.78 is 3.70. The van der Waals surface area contributed by atoms with E-state index in [2.05, 4.69) is 51.9 Å². The summed E-state index contributed by atoms with van der Waals surface area (Å²) in [4.78, 5) is 20.3. The molecule has 3 aromatic heterocycles. The van der Waals surface area contributed by atoms with Gasteiger partial charge in [-0.1, -0.05) is 26.0 Å². The molecule has 0 radical (unpaired) electrons. The number of amides is 1. The van der Waals surface area contributed by atoms with Gasteiger partial charge in [0.05, 0.1) is 24.0 Å². The molecule has 0 spiro atoms. The van der Waals surface area contributed by atoms with Crippen molar-refractivity contribution in [1.82, 2.24) is 34.8 Å². The van der Waals surface area contributed by atoms with Crippen LogP contribution < -0.4 is 15.5 Å². The molecule has 1 amide bonds. The van der Waals surface area contributed by atoms with Crippen molar-refractivity contribution in [1.29, 1.82) is 0 Å². The summed E-state index contributed by atoms with van der Waals surface area (Å²) in [5.74, 6) is 3.29. The molecule has 10 heteroatoms. The van der Waals surface area contributed by atoms with Crippen LogP contribution in [0.1, 0.15) is 48.2 Å². The predicted molar refractivity (Wildman–Crippen MR) is 151 cm³/mol. The van der Waals surface area contributed by atoms with Crippen molar-refractivity contribution >= 4 is 17.5 Å². The zero-order valence-corrected chi connectivity index (χ0v) is 23.0. The number of benzene rings is 1. The Balaban J connectivity index is 1.34. The van der Waals surface area contributed by atoms with Crippen molar-refractivity contribution < 1.29 is 4.79 Å². The number of nitrogens with one attached hydrogen (secondary N) is 2. The summed E-state index contributed by atoms with van der Waals surface area (Å²) >= 11 is 0. The predicted octanol–water partition coefficient (Wildman–Crippen LogP) is 4.01. The number of carbonyl (C=O) groups is 1. The first-order valence-electron chi connectivity index (χ1n) is 13.6. The lowest BCUT2D eigenvalue weighted by atomic mass is 10.1. The number of aromatic nitrogens is 6. The summed E-state index contributed by atoms with van der Waals surface area (Å²) in [5.41, 5.74) is 5.56. The van der Waals surface area contributed by atoms with Crippen molar-refractivity contribution in [3.05, 3.63) is 59.5 Å². The minimum atomic E-state index is -0.0213. The number of pyridine rings is 1. The van der Waals surface area contributed by atoms with Gasteiger partial charge in [0.25, 0.3) is 5.91 Å². The van der Waals surface area contributed by atoms with E-state index in [0.29, 0.717) is 18.3 Å². The fourth-order valence-electron chi connectivity index (χ4n) is 5.05. The Bertz CT molecular complexity index is 1510. The Kier molecular flexibility index (Phi) is 6.64. The van der Waals surface area contributed by atoms with Gasteiger partial charge in [-0.3, -0.25) is 14.4 Å². The Morgan fingerprint density at radius 1 is 1.10 bits per heavy atom. The molecule has 0 saturated heterocycles. The summed E-state index contributed by atoms with van der Waals surface area (Å²) in [7, 11) is 3.82. The quantitative estimate of drug-likeness (QED) is 0.322. The summed E-state index contributed by atoms with van der Waals surface area (Å²) in [5, 5.41) is 19.9. The first-order chi connectivity index (χ1) is 18.9. The van der Waals surface area contributed by atoms with Crippen LogP contribution in [-0.4, -0.2) is 48.5 Å². The normalized spacial score (nSPS) is 14.9.